The largest absolute Gasteiger partial charge is 0.506 e. The Labute approximate surface area is 111 Å². The van der Waals surface area contributed by atoms with Gasteiger partial charge in [-0.1, -0.05) is 12.1 Å². The van der Waals surface area contributed by atoms with Crippen LogP contribution in [0.4, 0.5) is 11.5 Å². The van der Waals surface area contributed by atoms with Crippen molar-refractivity contribution in [3.05, 3.63) is 47.0 Å². The minimum atomic E-state index is -0.326. The van der Waals surface area contributed by atoms with Gasteiger partial charge >= 0.3 is 5.69 Å². The fraction of sp³-hybridized carbons (Fsp3) is 0.286. The molecule has 0 atom stereocenters. The number of anilines is 2. The number of benzene rings is 1. The predicted molar refractivity (Wildman–Crippen MR) is 74.9 cm³/mol. The maximum absolute atomic E-state index is 11.9. The topological polar surface area (TPSA) is 67.2 Å². The van der Waals surface area contributed by atoms with E-state index >= 15 is 0 Å². The third kappa shape index (κ3) is 2.93. The van der Waals surface area contributed by atoms with E-state index in [0.29, 0.717) is 11.5 Å². The first-order chi connectivity index (χ1) is 8.88. The SMILES string of the molecule is CC(C)(C)n1ccc(Nc2ccccc2O)nc1=O. The van der Waals surface area contributed by atoms with E-state index in [1.807, 2.05) is 20.8 Å². The molecule has 1 aromatic heterocycles. The number of nitrogens with zero attached hydrogens (tertiary/aromatic N) is 2. The molecular weight excluding hydrogens is 242 g/mol. The third-order valence-corrected chi connectivity index (χ3v) is 2.69. The van der Waals surface area contributed by atoms with Gasteiger partial charge in [-0.25, -0.2) is 4.79 Å². The van der Waals surface area contributed by atoms with Crippen LogP contribution in [0, 0.1) is 0 Å². The Morgan fingerprint density at radius 3 is 2.47 bits per heavy atom. The van der Waals surface area contributed by atoms with E-state index in [0.717, 1.165) is 0 Å². The van der Waals surface area contributed by atoms with Crippen LogP contribution in [0.25, 0.3) is 0 Å². The summed E-state index contributed by atoms with van der Waals surface area (Å²) in [6, 6.07) is 8.51. The van der Waals surface area contributed by atoms with Gasteiger partial charge in [0.1, 0.15) is 11.6 Å². The number of hydrogen-bond acceptors (Lipinski definition) is 4. The summed E-state index contributed by atoms with van der Waals surface area (Å²) in [6.07, 6.45) is 1.69. The molecule has 1 heterocycles. The first kappa shape index (κ1) is 13.1. The van der Waals surface area contributed by atoms with Gasteiger partial charge in [0, 0.05) is 11.7 Å². The predicted octanol–water partition coefficient (Wildman–Crippen LogP) is 2.45. The van der Waals surface area contributed by atoms with Gasteiger partial charge in [0.2, 0.25) is 0 Å². The molecule has 0 saturated heterocycles. The van der Waals surface area contributed by atoms with Crippen LogP contribution in [-0.4, -0.2) is 14.7 Å². The number of nitrogens with one attached hydrogen (secondary N) is 1. The summed E-state index contributed by atoms with van der Waals surface area (Å²) in [5.74, 6) is 0.524. The number of hydrogen-bond donors (Lipinski definition) is 2. The lowest BCUT2D eigenvalue weighted by atomic mass is 10.1. The fourth-order valence-corrected chi connectivity index (χ4v) is 1.70. The number of phenolic OH excluding ortho intramolecular Hbond substituents is 1. The van der Waals surface area contributed by atoms with E-state index in [-0.39, 0.29) is 17.0 Å². The Balaban J connectivity index is 2.32. The molecule has 5 nitrogen and oxygen atoms in total. The maximum atomic E-state index is 11.9. The van der Waals surface area contributed by atoms with Crippen molar-refractivity contribution in [2.75, 3.05) is 5.32 Å². The van der Waals surface area contributed by atoms with Gasteiger partial charge in [0.25, 0.3) is 0 Å². The number of aromatic hydroxyl groups is 1. The fourth-order valence-electron chi connectivity index (χ4n) is 1.70. The maximum Gasteiger partial charge on any atom is 0.349 e. The molecule has 0 radical (unpaired) electrons. The van der Waals surface area contributed by atoms with Crippen molar-refractivity contribution in [1.29, 1.82) is 0 Å². The zero-order valence-electron chi connectivity index (χ0n) is 11.2. The van der Waals surface area contributed by atoms with E-state index in [4.69, 9.17) is 0 Å². The van der Waals surface area contributed by atoms with Crippen molar-refractivity contribution in [3.63, 3.8) is 0 Å². The Hall–Kier alpha value is -2.30. The van der Waals surface area contributed by atoms with Gasteiger partial charge in [-0.2, -0.15) is 4.98 Å². The van der Waals surface area contributed by atoms with Crippen LogP contribution in [0.2, 0.25) is 0 Å². The van der Waals surface area contributed by atoms with Crippen molar-refractivity contribution >= 4 is 11.5 Å². The normalized spacial score (nSPS) is 11.3. The van der Waals surface area contributed by atoms with E-state index in [1.54, 1.807) is 41.1 Å². The summed E-state index contributed by atoms with van der Waals surface area (Å²) in [6.45, 7) is 5.81. The molecule has 1 aromatic carbocycles. The molecule has 0 unspecified atom stereocenters. The minimum absolute atomic E-state index is 0.115. The van der Waals surface area contributed by atoms with E-state index in [1.165, 1.54) is 0 Å². The summed E-state index contributed by atoms with van der Waals surface area (Å²) in [5.41, 5.74) is -0.117. The highest BCUT2D eigenvalue weighted by Crippen LogP contribution is 2.24. The lowest BCUT2D eigenvalue weighted by Gasteiger charge is -2.21. The zero-order chi connectivity index (χ0) is 14.0. The average Bonchev–Trinajstić information content (AvgIpc) is 2.30. The molecule has 0 spiro atoms. The molecule has 2 aromatic rings. The van der Waals surface area contributed by atoms with Gasteiger partial charge in [-0.05, 0) is 39.0 Å². The second kappa shape index (κ2) is 4.76. The lowest BCUT2D eigenvalue weighted by molar-refractivity contribution is 0.378. The van der Waals surface area contributed by atoms with Crippen LogP contribution in [-0.2, 0) is 5.54 Å². The molecule has 0 amide bonds. The number of aromatic nitrogens is 2. The minimum Gasteiger partial charge on any atom is -0.506 e. The Kier molecular flexibility index (Phi) is 3.29. The van der Waals surface area contributed by atoms with Crippen LogP contribution in [0.1, 0.15) is 20.8 Å². The average molecular weight is 259 g/mol. The van der Waals surface area contributed by atoms with Crippen molar-refractivity contribution < 1.29 is 5.11 Å². The lowest BCUT2D eigenvalue weighted by Crippen LogP contribution is -2.34. The monoisotopic (exact) mass is 259 g/mol. The quantitative estimate of drug-likeness (QED) is 0.813. The second-order valence-corrected chi connectivity index (χ2v) is 5.28. The molecule has 2 N–H and O–H groups in total. The van der Waals surface area contributed by atoms with E-state index < -0.39 is 0 Å². The molecule has 0 saturated carbocycles. The third-order valence-electron chi connectivity index (χ3n) is 2.69. The molecule has 2 rings (SSSR count). The summed E-state index contributed by atoms with van der Waals surface area (Å²) < 4.78 is 1.56. The van der Waals surface area contributed by atoms with Crippen LogP contribution < -0.4 is 11.0 Å². The molecule has 0 aliphatic rings. The molecule has 100 valence electrons. The van der Waals surface area contributed by atoms with Crippen LogP contribution in [0.5, 0.6) is 5.75 Å². The summed E-state index contributed by atoms with van der Waals surface area (Å²) in [4.78, 5) is 15.9. The van der Waals surface area contributed by atoms with E-state index in [2.05, 4.69) is 10.3 Å². The second-order valence-electron chi connectivity index (χ2n) is 5.28. The molecule has 0 aliphatic carbocycles. The zero-order valence-corrected chi connectivity index (χ0v) is 11.2. The van der Waals surface area contributed by atoms with Crippen molar-refractivity contribution in [1.82, 2.24) is 9.55 Å². The Bertz CT molecular complexity index is 642. The molecule has 5 heteroatoms. The van der Waals surface area contributed by atoms with Crippen LogP contribution in [0.15, 0.2) is 41.3 Å². The van der Waals surface area contributed by atoms with Gasteiger partial charge in [0.05, 0.1) is 5.69 Å². The number of phenols is 1. The van der Waals surface area contributed by atoms with Crippen molar-refractivity contribution in [3.8, 4) is 5.75 Å². The highest BCUT2D eigenvalue weighted by Gasteiger charge is 2.15. The first-order valence-electron chi connectivity index (χ1n) is 6.03. The molecule has 0 fully saturated rings. The number of rotatable bonds is 2. The molecular formula is C14H17N3O2. The van der Waals surface area contributed by atoms with Crippen LogP contribution >= 0.6 is 0 Å². The highest BCUT2D eigenvalue weighted by molar-refractivity contribution is 5.62. The molecule has 0 aliphatic heterocycles. The Morgan fingerprint density at radius 1 is 1.21 bits per heavy atom. The summed E-state index contributed by atoms with van der Waals surface area (Å²) in [5, 5.41) is 12.6. The number of para-hydroxylation sites is 2. The standard InChI is InChI=1S/C14H17N3O2/c1-14(2,3)17-9-8-12(16-13(17)19)15-10-6-4-5-7-11(10)18/h4-9,18H,1-3H3,(H,15,16,19). The summed E-state index contributed by atoms with van der Waals surface area (Å²) in [7, 11) is 0. The highest BCUT2D eigenvalue weighted by atomic mass is 16.3. The van der Waals surface area contributed by atoms with Gasteiger partial charge in [-0.15, -0.1) is 0 Å². The Morgan fingerprint density at radius 2 is 1.89 bits per heavy atom. The van der Waals surface area contributed by atoms with Crippen molar-refractivity contribution in [2.24, 2.45) is 0 Å². The smallest absolute Gasteiger partial charge is 0.349 e. The van der Waals surface area contributed by atoms with E-state index in [9.17, 15) is 9.90 Å². The molecule has 0 bridgehead atoms. The van der Waals surface area contributed by atoms with Gasteiger partial charge in [-0.3, -0.25) is 4.57 Å². The molecule has 19 heavy (non-hydrogen) atoms. The van der Waals surface area contributed by atoms with Crippen LogP contribution in [0.3, 0.4) is 0 Å². The first-order valence-corrected chi connectivity index (χ1v) is 6.03. The summed E-state index contributed by atoms with van der Waals surface area (Å²) >= 11 is 0. The van der Waals surface area contributed by atoms with Crippen molar-refractivity contribution in [2.45, 2.75) is 26.3 Å². The van der Waals surface area contributed by atoms with Gasteiger partial charge < -0.3 is 10.4 Å². The van der Waals surface area contributed by atoms with Gasteiger partial charge in [0.15, 0.2) is 0 Å².